The number of sulfone groups is 1. The Morgan fingerprint density at radius 2 is 1.80 bits per heavy atom. The minimum Gasteiger partial charge on any atom is -0.339 e. The summed E-state index contributed by atoms with van der Waals surface area (Å²) in [5, 5.41) is 8.15. The molecule has 162 valence electrons. The Labute approximate surface area is 176 Å². The summed E-state index contributed by atoms with van der Waals surface area (Å²) in [6.45, 7) is 5.58. The minimum atomic E-state index is -3.10. The van der Waals surface area contributed by atoms with Gasteiger partial charge >= 0.3 is 0 Å². The molecule has 1 saturated heterocycles. The van der Waals surface area contributed by atoms with Crippen LogP contribution in [0.3, 0.4) is 0 Å². The lowest BCUT2D eigenvalue weighted by atomic mass is 10.1. The second-order valence-corrected chi connectivity index (χ2v) is 10.0. The van der Waals surface area contributed by atoms with Gasteiger partial charge < -0.3 is 10.2 Å². The summed E-state index contributed by atoms with van der Waals surface area (Å²) < 4.78 is 23.1. The van der Waals surface area contributed by atoms with E-state index in [0.29, 0.717) is 5.69 Å². The van der Waals surface area contributed by atoms with E-state index in [1.807, 2.05) is 32.0 Å². The number of anilines is 1. The van der Waals surface area contributed by atoms with Crippen LogP contribution in [-0.4, -0.2) is 67.4 Å². The van der Waals surface area contributed by atoms with Gasteiger partial charge in [-0.25, -0.2) is 13.4 Å². The highest BCUT2D eigenvalue weighted by Gasteiger charge is 2.31. The van der Waals surface area contributed by atoms with Gasteiger partial charge in [0, 0.05) is 25.9 Å². The first-order chi connectivity index (χ1) is 14.1. The van der Waals surface area contributed by atoms with Crippen LogP contribution in [0.5, 0.6) is 0 Å². The topological polar surface area (TPSA) is 116 Å². The fourth-order valence-corrected chi connectivity index (χ4v) is 4.60. The Morgan fingerprint density at radius 3 is 2.47 bits per heavy atom. The molecule has 30 heavy (non-hydrogen) atoms. The zero-order chi connectivity index (χ0) is 22.1. The molecule has 0 aliphatic carbocycles. The number of carbonyl (C=O) groups is 3. The summed E-state index contributed by atoms with van der Waals surface area (Å²) in [5.74, 6) is -1.18. The van der Waals surface area contributed by atoms with Crippen molar-refractivity contribution >= 4 is 39.0 Å². The van der Waals surface area contributed by atoms with Crippen LogP contribution in [0.2, 0.25) is 0 Å². The van der Waals surface area contributed by atoms with Gasteiger partial charge in [0.2, 0.25) is 11.8 Å². The van der Waals surface area contributed by atoms with Crippen molar-refractivity contribution in [3.8, 4) is 0 Å². The molecule has 2 aliphatic heterocycles. The molecule has 0 aromatic heterocycles. The van der Waals surface area contributed by atoms with Crippen LogP contribution >= 0.6 is 0 Å². The summed E-state index contributed by atoms with van der Waals surface area (Å²) in [6.07, 6.45) is 0.334. The van der Waals surface area contributed by atoms with Crippen LogP contribution in [0.4, 0.5) is 5.69 Å². The smallest absolute Gasteiger partial charge is 0.268 e. The maximum atomic E-state index is 12.7. The number of hydrogen-bond acceptors (Lipinski definition) is 6. The molecule has 3 amide bonds. The van der Waals surface area contributed by atoms with Crippen molar-refractivity contribution in [2.45, 2.75) is 39.7 Å². The third kappa shape index (κ3) is 4.86. The van der Waals surface area contributed by atoms with E-state index < -0.39 is 21.8 Å². The number of nitrogens with zero attached hydrogens (tertiary/aromatic N) is 3. The average molecular weight is 435 g/mol. The number of aryl methyl sites for hydroxylation is 2. The van der Waals surface area contributed by atoms with Gasteiger partial charge in [0.25, 0.3) is 5.91 Å². The summed E-state index contributed by atoms with van der Waals surface area (Å²) in [7, 11) is -3.10. The second-order valence-electron chi connectivity index (χ2n) is 7.71. The SMILES string of the molecule is Cc1ccc(C)c(N2N=C(C(=O)NC(C)C(=O)N3CCS(=O)(=O)CC3)CCC2=O)c1. The van der Waals surface area contributed by atoms with Crippen LogP contribution in [-0.2, 0) is 24.2 Å². The lowest BCUT2D eigenvalue weighted by Crippen LogP contribution is -2.53. The van der Waals surface area contributed by atoms with Gasteiger partial charge in [-0.3, -0.25) is 14.4 Å². The molecule has 1 aromatic rings. The van der Waals surface area contributed by atoms with Crippen molar-refractivity contribution in [2.75, 3.05) is 29.6 Å². The molecule has 0 saturated carbocycles. The predicted molar refractivity (Wildman–Crippen MR) is 113 cm³/mol. The monoisotopic (exact) mass is 434 g/mol. The summed E-state index contributed by atoms with van der Waals surface area (Å²) >= 11 is 0. The zero-order valence-corrected chi connectivity index (χ0v) is 18.2. The number of hydrazone groups is 1. The van der Waals surface area contributed by atoms with Gasteiger partial charge in [-0.15, -0.1) is 0 Å². The van der Waals surface area contributed by atoms with Crippen LogP contribution in [0, 0.1) is 13.8 Å². The Kier molecular flexibility index (Phi) is 6.25. The molecule has 0 radical (unpaired) electrons. The molecule has 2 heterocycles. The number of amides is 3. The van der Waals surface area contributed by atoms with Crippen LogP contribution in [0.1, 0.15) is 30.9 Å². The highest BCUT2D eigenvalue weighted by molar-refractivity contribution is 7.91. The normalized spacial score (nSPS) is 19.8. The molecule has 0 bridgehead atoms. The average Bonchev–Trinajstić information content (AvgIpc) is 2.69. The molecule has 9 nitrogen and oxygen atoms in total. The molecular formula is C20H26N4O5S. The van der Waals surface area contributed by atoms with Crippen molar-refractivity contribution in [1.82, 2.24) is 10.2 Å². The molecule has 1 atom stereocenters. The van der Waals surface area contributed by atoms with Gasteiger partial charge in [-0.2, -0.15) is 5.10 Å². The van der Waals surface area contributed by atoms with E-state index in [9.17, 15) is 22.8 Å². The fraction of sp³-hybridized carbons (Fsp3) is 0.500. The molecular weight excluding hydrogens is 408 g/mol. The quantitative estimate of drug-likeness (QED) is 0.743. The summed E-state index contributed by atoms with van der Waals surface area (Å²) in [5.41, 5.74) is 2.64. The van der Waals surface area contributed by atoms with E-state index in [4.69, 9.17) is 0 Å². The van der Waals surface area contributed by atoms with Crippen molar-refractivity contribution < 1.29 is 22.8 Å². The summed E-state index contributed by atoms with van der Waals surface area (Å²) in [4.78, 5) is 39.1. The Morgan fingerprint density at radius 1 is 1.13 bits per heavy atom. The van der Waals surface area contributed by atoms with Crippen LogP contribution in [0.25, 0.3) is 0 Å². The Balaban J connectivity index is 1.70. The Hall–Kier alpha value is -2.75. The molecule has 1 N–H and O–H groups in total. The number of carbonyl (C=O) groups excluding carboxylic acids is 3. The second kappa shape index (κ2) is 8.55. The number of nitrogens with one attached hydrogen (secondary N) is 1. The van der Waals surface area contributed by atoms with Crippen molar-refractivity contribution in [3.63, 3.8) is 0 Å². The van der Waals surface area contributed by atoms with E-state index >= 15 is 0 Å². The minimum absolute atomic E-state index is 0.0704. The lowest BCUT2D eigenvalue weighted by Gasteiger charge is -2.30. The number of rotatable bonds is 4. The Bertz CT molecular complexity index is 1000. The van der Waals surface area contributed by atoms with Crippen molar-refractivity contribution in [1.29, 1.82) is 0 Å². The van der Waals surface area contributed by atoms with E-state index in [2.05, 4.69) is 10.4 Å². The van der Waals surface area contributed by atoms with E-state index in [-0.39, 0.29) is 55.0 Å². The predicted octanol–water partition coefficient (Wildman–Crippen LogP) is 0.548. The molecule has 2 aliphatic rings. The standard InChI is InChI=1S/C20H26N4O5S/c1-13-4-5-14(2)17(12-13)24-18(25)7-6-16(22-24)19(26)21-15(3)20(27)23-8-10-30(28,29)11-9-23/h4-5,12,15H,6-11H2,1-3H3,(H,21,26). The number of benzene rings is 1. The zero-order valence-electron chi connectivity index (χ0n) is 17.3. The van der Waals surface area contributed by atoms with Gasteiger partial charge in [-0.1, -0.05) is 12.1 Å². The maximum Gasteiger partial charge on any atom is 0.268 e. The maximum absolute atomic E-state index is 12.7. The molecule has 3 rings (SSSR count). The molecule has 0 spiro atoms. The van der Waals surface area contributed by atoms with Crippen LogP contribution in [0.15, 0.2) is 23.3 Å². The van der Waals surface area contributed by atoms with Crippen LogP contribution < -0.4 is 10.3 Å². The fourth-order valence-electron chi connectivity index (χ4n) is 3.40. The molecule has 10 heteroatoms. The third-order valence-corrected chi connectivity index (χ3v) is 6.87. The first-order valence-electron chi connectivity index (χ1n) is 9.85. The van der Waals surface area contributed by atoms with Gasteiger partial charge in [-0.05, 0) is 38.0 Å². The highest BCUT2D eigenvalue weighted by Crippen LogP contribution is 2.25. The summed E-state index contributed by atoms with van der Waals surface area (Å²) in [6, 6.07) is 4.84. The molecule has 1 aromatic carbocycles. The van der Waals surface area contributed by atoms with Gasteiger partial charge in [0.15, 0.2) is 9.84 Å². The molecule has 1 fully saturated rings. The highest BCUT2D eigenvalue weighted by atomic mass is 32.2. The van der Waals surface area contributed by atoms with Crippen molar-refractivity contribution in [2.24, 2.45) is 5.10 Å². The molecule has 1 unspecified atom stereocenters. The van der Waals surface area contributed by atoms with E-state index in [0.717, 1.165) is 11.1 Å². The van der Waals surface area contributed by atoms with Gasteiger partial charge in [0.1, 0.15) is 11.8 Å². The van der Waals surface area contributed by atoms with Gasteiger partial charge in [0.05, 0.1) is 17.2 Å². The van der Waals surface area contributed by atoms with E-state index in [1.165, 1.54) is 9.91 Å². The number of hydrogen-bond donors (Lipinski definition) is 1. The first-order valence-corrected chi connectivity index (χ1v) is 11.7. The third-order valence-electron chi connectivity index (χ3n) is 5.26. The lowest BCUT2D eigenvalue weighted by molar-refractivity contribution is -0.134. The first kappa shape index (κ1) is 21.9. The largest absolute Gasteiger partial charge is 0.339 e. The van der Waals surface area contributed by atoms with E-state index in [1.54, 1.807) is 6.92 Å². The van der Waals surface area contributed by atoms with Crippen molar-refractivity contribution in [3.05, 3.63) is 29.3 Å².